The topological polar surface area (TPSA) is 49.1 Å². The summed E-state index contributed by atoms with van der Waals surface area (Å²) in [5, 5.41) is 8.24. The Morgan fingerprint density at radius 1 is 0.794 bits per heavy atom. The molecule has 3 heterocycles. The van der Waals surface area contributed by atoms with Crippen LogP contribution in [0.15, 0.2) is 97.2 Å². The molecule has 4 heteroatoms. The van der Waals surface area contributed by atoms with Gasteiger partial charge in [-0.1, -0.05) is 84.9 Å². The fourth-order valence-corrected chi connectivity index (χ4v) is 4.97. The Hall–Kier alpha value is -4.44. The molecule has 3 N–H and O–H groups in total. The van der Waals surface area contributed by atoms with Crippen LogP contribution in [0.25, 0.3) is 39.2 Å². The number of anilines is 2. The minimum absolute atomic E-state index is 0.147. The van der Waals surface area contributed by atoms with Crippen LogP contribution in [0.4, 0.5) is 11.4 Å². The highest BCUT2D eigenvalue weighted by atomic mass is 16.5. The zero-order valence-corrected chi connectivity index (χ0v) is 18.5. The average molecular weight is 442 g/mol. The first-order valence-electron chi connectivity index (χ1n) is 11.6. The number of aromatic amines is 1. The molecule has 0 radical (unpaired) electrons. The van der Waals surface area contributed by atoms with Crippen molar-refractivity contribution in [1.82, 2.24) is 4.98 Å². The van der Waals surface area contributed by atoms with E-state index in [1.807, 2.05) is 18.2 Å². The van der Waals surface area contributed by atoms with Crippen molar-refractivity contribution in [3.8, 4) is 28.0 Å². The van der Waals surface area contributed by atoms with Crippen LogP contribution in [0.1, 0.15) is 17.4 Å². The Bertz CT molecular complexity index is 1550. The second-order valence-corrected chi connectivity index (χ2v) is 8.78. The summed E-state index contributed by atoms with van der Waals surface area (Å²) in [5.41, 5.74) is 10.5. The maximum absolute atomic E-state index is 6.11. The van der Waals surface area contributed by atoms with Crippen molar-refractivity contribution in [2.24, 2.45) is 0 Å². The summed E-state index contributed by atoms with van der Waals surface area (Å²) in [4.78, 5) is 3.49. The molecule has 4 aromatic carbocycles. The van der Waals surface area contributed by atoms with Crippen molar-refractivity contribution in [1.29, 1.82) is 0 Å². The number of benzene rings is 4. The average Bonchev–Trinajstić information content (AvgIpc) is 3.54. The lowest BCUT2D eigenvalue weighted by Gasteiger charge is -2.14. The van der Waals surface area contributed by atoms with Crippen molar-refractivity contribution < 1.29 is 4.74 Å². The molecule has 5 aromatic rings. The molecule has 0 saturated heterocycles. The number of hydrogen-bond donors (Lipinski definition) is 3. The fourth-order valence-electron chi connectivity index (χ4n) is 4.97. The summed E-state index contributed by atoms with van der Waals surface area (Å²) in [6.45, 7) is 0.863. The standard InChI is InChI=1S/C30H23N3O/c1-2-5-22(6-3-1)30-33-26-17-23(13-15-27(26)34-30)19-8-10-20(11-9-19)25-18-32-29-24(25)14-12-21-7-4-16-31-28(21)29/h1-15,17-18,30-33H,16H2. The summed E-state index contributed by atoms with van der Waals surface area (Å²) in [5.74, 6) is 0.889. The summed E-state index contributed by atoms with van der Waals surface area (Å²) in [6.07, 6.45) is 6.30. The van der Waals surface area contributed by atoms with Crippen LogP contribution in [-0.2, 0) is 0 Å². The Labute approximate surface area is 197 Å². The summed E-state index contributed by atoms with van der Waals surface area (Å²) in [6, 6.07) is 29.8. The van der Waals surface area contributed by atoms with E-state index >= 15 is 0 Å². The van der Waals surface area contributed by atoms with E-state index in [4.69, 9.17) is 4.74 Å². The molecule has 0 aliphatic carbocycles. The van der Waals surface area contributed by atoms with Gasteiger partial charge in [-0.2, -0.15) is 0 Å². The fraction of sp³-hybridized carbons (Fsp3) is 0.0667. The number of nitrogens with one attached hydrogen (secondary N) is 3. The van der Waals surface area contributed by atoms with Crippen molar-refractivity contribution in [2.45, 2.75) is 6.23 Å². The molecule has 0 bridgehead atoms. The van der Waals surface area contributed by atoms with Gasteiger partial charge in [0.1, 0.15) is 5.75 Å². The van der Waals surface area contributed by atoms with E-state index in [0.29, 0.717) is 0 Å². The molecular weight excluding hydrogens is 418 g/mol. The molecule has 0 saturated carbocycles. The monoisotopic (exact) mass is 441 g/mol. The maximum atomic E-state index is 6.11. The highest BCUT2D eigenvalue weighted by molar-refractivity contribution is 6.04. The highest BCUT2D eigenvalue weighted by Gasteiger charge is 2.23. The van der Waals surface area contributed by atoms with E-state index in [1.165, 1.54) is 44.4 Å². The molecule has 7 rings (SSSR count). The summed E-state index contributed by atoms with van der Waals surface area (Å²) in [7, 11) is 0. The number of fused-ring (bicyclic) bond motifs is 4. The molecule has 4 nitrogen and oxygen atoms in total. The Morgan fingerprint density at radius 2 is 1.62 bits per heavy atom. The largest absolute Gasteiger partial charge is 0.464 e. The lowest BCUT2D eigenvalue weighted by molar-refractivity contribution is 0.260. The van der Waals surface area contributed by atoms with E-state index in [9.17, 15) is 0 Å². The van der Waals surface area contributed by atoms with Gasteiger partial charge in [-0.25, -0.2) is 0 Å². The predicted molar refractivity (Wildman–Crippen MR) is 140 cm³/mol. The third-order valence-electron chi connectivity index (χ3n) is 6.73. The number of aromatic nitrogens is 1. The molecule has 2 aliphatic rings. The summed E-state index contributed by atoms with van der Waals surface area (Å²) >= 11 is 0. The van der Waals surface area contributed by atoms with Gasteiger partial charge >= 0.3 is 0 Å². The van der Waals surface area contributed by atoms with E-state index in [-0.39, 0.29) is 6.23 Å². The third kappa shape index (κ3) is 3.07. The van der Waals surface area contributed by atoms with Crippen LogP contribution in [0.3, 0.4) is 0 Å². The Kier molecular flexibility index (Phi) is 4.24. The van der Waals surface area contributed by atoms with Gasteiger partial charge in [0.05, 0.1) is 16.9 Å². The first-order chi connectivity index (χ1) is 16.8. The van der Waals surface area contributed by atoms with Gasteiger partial charge in [-0.15, -0.1) is 0 Å². The first kappa shape index (κ1) is 19.1. The molecule has 34 heavy (non-hydrogen) atoms. The Morgan fingerprint density at radius 3 is 2.50 bits per heavy atom. The van der Waals surface area contributed by atoms with Crippen LogP contribution in [0.2, 0.25) is 0 Å². The van der Waals surface area contributed by atoms with Crippen molar-refractivity contribution in [2.75, 3.05) is 17.2 Å². The lowest BCUT2D eigenvalue weighted by atomic mass is 9.98. The van der Waals surface area contributed by atoms with Crippen LogP contribution in [0.5, 0.6) is 5.75 Å². The van der Waals surface area contributed by atoms with Gasteiger partial charge in [0, 0.05) is 29.3 Å². The van der Waals surface area contributed by atoms with Gasteiger partial charge in [0.15, 0.2) is 6.23 Å². The molecule has 0 amide bonds. The van der Waals surface area contributed by atoms with Gasteiger partial charge in [0.25, 0.3) is 0 Å². The molecule has 0 spiro atoms. The molecule has 2 aliphatic heterocycles. The Balaban J connectivity index is 1.18. The number of rotatable bonds is 3. The van der Waals surface area contributed by atoms with Crippen LogP contribution in [0, 0.1) is 0 Å². The quantitative estimate of drug-likeness (QED) is 0.273. The number of hydrogen-bond acceptors (Lipinski definition) is 3. The SMILES string of the molecule is C1=Cc2ccc3c(-c4ccc(-c5ccc6c(c5)NC(c5ccccc5)O6)cc4)c[nH]c3c2NC1. The molecular formula is C30H23N3O. The molecule has 1 unspecified atom stereocenters. The molecule has 0 fully saturated rings. The zero-order chi connectivity index (χ0) is 22.5. The first-order valence-corrected chi connectivity index (χ1v) is 11.6. The molecule has 164 valence electrons. The van der Waals surface area contributed by atoms with Gasteiger partial charge in [0.2, 0.25) is 0 Å². The maximum Gasteiger partial charge on any atom is 0.196 e. The van der Waals surface area contributed by atoms with Crippen molar-refractivity contribution in [3.63, 3.8) is 0 Å². The van der Waals surface area contributed by atoms with Crippen LogP contribution in [-0.4, -0.2) is 11.5 Å². The smallest absolute Gasteiger partial charge is 0.196 e. The van der Waals surface area contributed by atoms with Gasteiger partial charge in [-0.05, 0) is 34.4 Å². The minimum Gasteiger partial charge on any atom is -0.464 e. The minimum atomic E-state index is -0.147. The van der Waals surface area contributed by atoms with Crippen LogP contribution < -0.4 is 15.4 Å². The zero-order valence-electron chi connectivity index (χ0n) is 18.5. The normalized spacial score (nSPS) is 15.8. The molecule has 1 atom stereocenters. The van der Waals surface area contributed by atoms with E-state index < -0.39 is 0 Å². The van der Waals surface area contributed by atoms with Gasteiger partial charge in [-0.3, -0.25) is 0 Å². The third-order valence-corrected chi connectivity index (χ3v) is 6.73. The predicted octanol–water partition coefficient (Wildman–Crippen LogP) is 7.44. The van der Waals surface area contributed by atoms with E-state index in [2.05, 4.69) is 101 Å². The summed E-state index contributed by atoms with van der Waals surface area (Å²) < 4.78 is 6.11. The lowest BCUT2D eigenvalue weighted by Crippen LogP contribution is -2.09. The van der Waals surface area contributed by atoms with E-state index in [1.54, 1.807) is 0 Å². The van der Waals surface area contributed by atoms with Crippen molar-refractivity contribution >= 4 is 28.4 Å². The second-order valence-electron chi connectivity index (χ2n) is 8.78. The van der Waals surface area contributed by atoms with Crippen molar-refractivity contribution in [3.05, 3.63) is 108 Å². The van der Waals surface area contributed by atoms with Gasteiger partial charge < -0.3 is 20.4 Å². The van der Waals surface area contributed by atoms with E-state index in [0.717, 1.165) is 23.5 Å². The molecule has 1 aromatic heterocycles. The number of ether oxygens (including phenoxy) is 1. The second kappa shape index (κ2) is 7.56. The van der Waals surface area contributed by atoms with Crippen LogP contribution >= 0.6 is 0 Å². The highest BCUT2D eigenvalue weighted by Crippen LogP contribution is 2.41. The number of H-pyrrole nitrogens is 1.